The smallest absolute Gasteiger partial charge is 0.187 e. The lowest BCUT2D eigenvalue weighted by Gasteiger charge is -2.20. The van der Waals surface area contributed by atoms with Crippen LogP contribution in [0.5, 0.6) is 0 Å². The van der Waals surface area contributed by atoms with E-state index in [9.17, 15) is 0 Å². The zero-order chi connectivity index (χ0) is 11.7. The third-order valence-electron chi connectivity index (χ3n) is 3.09. The average molecular weight is 266 g/mol. The minimum atomic E-state index is 0.523. The van der Waals surface area contributed by atoms with Gasteiger partial charge in [-0.3, -0.25) is 0 Å². The lowest BCUT2D eigenvalue weighted by molar-refractivity contribution is 0.758. The van der Waals surface area contributed by atoms with Gasteiger partial charge in [0, 0.05) is 13.1 Å². The molecule has 0 spiro atoms. The van der Waals surface area contributed by atoms with Gasteiger partial charge in [-0.2, -0.15) is 8.75 Å². The maximum atomic E-state index is 6.05. The predicted octanol–water partition coefficient (Wildman–Crippen LogP) is 3.14. The van der Waals surface area contributed by atoms with Crippen LogP contribution in [0.1, 0.15) is 17.5 Å². The fraction of sp³-hybridized carbons (Fsp3) is 0.333. The largest absolute Gasteiger partial charge is 0.349 e. The van der Waals surface area contributed by atoms with E-state index in [-0.39, 0.29) is 0 Å². The first-order chi connectivity index (χ1) is 8.34. The van der Waals surface area contributed by atoms with E-state index in [0.29, 0.717) is 5.15 Å². The van der Waals surface area contributed by atoms with Crippen LogP contribution in [0.2, 0.25) is 5.15 Å². The summed E-state index contributed by atoms with van der Waals surface area (Å²) in [5.41, 5.74) is 2.81. The van der Waals surface area contributed by atoms with Crippen molar-refractivity contribution >= 4 is 29.1 Å². The summed E-state index contributed by atoms with van der Waals surface area (Å²) in [5.74, 6) is 0.827. The van der Waals surface area contributed by atoms with Crippen LogP contribution in [0.15, 0.2) is 24.3 Å². The zero-order valence-electron chi connectivity index (χ0n) is 9.27. The molecule has 0 N–H and O–H groups in total. The average Bonchev–Trinajstić information content (AvgIpc) is 2.65. The summed E-state index contributed by atoms with van der Waals surface area (Å²) in [7, 11) is 0. The first-order valence-corrected chi connectivity index (χ1v) is 6.75. The number of aromatic nitrogens is 2. The van der Waals surface area contributed by atoms with Gasteiger partial charge >= 0.3 is 0 Å². The number of halogens is 1. The predicted molar refractivity (Wildman–Crippen MR) is 70.7 cm³/mol. The summed E-state index contributed by atoms with van der Waals surface area (Å²) in [6, 6.07) is 8.58. The van der Waals surface area contributed by atoms with Gasteiger partial charge in [0.2, 0.25) is 0 Å². The molecule has 0 saturated carbocycles. The fourth-order valence-electron chi connectivity index (χ4n) is 2.24. The van der Waals surface area contributed by atoms with E-state index in [1.54, 1.807) is 0 Å². The topological polar surface area (TPSA) is 29.0 Å². The molecule has 0 radical (unpaired) electrons. The Bertz CT molecular complexity index is 526. The monoisotopic (exact) mass is 265 g/mol. The number of nitrogens with zero attached hydrogens (tertiary/aromatic N) is 3. The van der Waals surface area contributed by atoms with Gasteiger partial charge in [0.15, 0.2) is 11.0 Å². The van der Waals surface area contributed by atoms with E-state index >= 15 is 0 Å². The highest BCUT2D eigenvalue weighted by molar-refractivity contribution is 6.99. The molecule has 3 rings (SSSR count). The van der Waals surface area contributed by atoms with Crippen LogP contribution in [0.4, 0.5) is 5.82 Å². The van der Waals surface area contributed by atoms with Gasteiger partial charge in [0.25, 0.3) is 0 Å². The molecule has 1 aliphatic heterocycles. The van der Waals surface area contributed by atoms with E-state index in [2.05, 4.69) is 37.9 Å². The van der Waals surface area contributed by atoms with Gasteiger partial charge in [-0.1, -0.05) is 35.9 Å². The standard InChI is InChI=1S/C12H12ClN3S/c13-11-12(15-17-14-11)16-7-3-6-9-4-1-2-5-10(9)8-16/h1-2,4-5H,3,6-8H2. The van der Waals surface area contributed by atoms with Crippen LogP contribution in [-0.2, 0) is 13.0 Å². The summed E-state index contributed by atoms with van der Waals surface area (Å²) in [4.78, 5) is 2.22. The lowest BCUT2D eigenvalue weighted by Crippen LogP contribution is -2.23. The number of fused-ring (bicyclic) bond motifs is 1. The Kier molecular flexibility index (Phi) is 2.99. The molecule has 0 amide bonds. The molecule has 5 heteroatoms. The molecule has 0 atom stereocenters. The van der Waals surface area contributed by atoms with E-state index in [1.165, 1.54) is 22.9 Å². The molecule has 0 fully saturated rings. The zero-order valence-corrected chi connectivity index (χ0v) is 10.8. The van der Waals surface area contributed by atoms with Crippen LogP contribution in [0.3, 0.4) is 0 Å². The van der Waals surface area contributed by atoms with Gasteiger partial charge in [-0.25, -0.2) is 0 Å². The summed E-state index contributed by atoms with van der Waals surface area (Å²) in [6.45, 7) is 1.86. The lowest BCUT2D eigenvalue weighted by atomic mass is 10.0. The molecule has 0 unspecified atom stereocenters. The van der Waals surface area contributed by atoms with Crippen molar-refractivity contribution in [3.8, 4) is 0 Å². The van der Waals surface area contributed by atoms with Crippen molar-refractivity contribution in [1.82, 2.24) is 8.75 Å². The van der Waals surface area contributed by atoms with Crippen LogP contribution in [-0.4, -0.2) is 15.3 Å². The number of anilines is 1. The second-order valence-corrected chi connectivity index (χ2v) is 5.06. The molecule has 1 aromatic carbocycles. The van der Waals surface area contributed by atoms with Gasteiger partial charge in [-0.15, -0.1) is 0 Å². The molecule has 0 saturated heterocycles. The summed E-state index contributed by atoms with van der Waals surface area (Å²) in [5, 5.41) is 0.523. The molecule has 0 aliphatic carbocycles. The van der Waals surface area contributed by atoms with Crippen molar-refractivity contribution in [3.05, 3.63) is 40.5 Å². The Labute approximate surface area is 109 Å². The maximum absolute atomic E-state index is 6.05. The number of hydrogen-bond acceptors (Lipinski definition) is 4. The Balaban J connectivity index is 1.93. The Morgan fingerprint density at radius 3 is 2.76 bits per heavy atom. The van der Waals surface area contributed by atoms with E-state index in [1.807, 2.05) is 0 Å². The molecule has 88 valence electrons. The molecular weight excluding hydrogens is 254 g/mol. The number of benzene rings is 1. The van der Waals surface area contributed by atoms with E-state index < -0.39 is 0 Å². The van der Waals surface area contributed by atoms with Crippen LogP contribution < -0.4 is 4.90 Å². The normalized spacial score (nSPS) is 15.5. The van der Waals surface area contributed by atoms with Crippen LogP contribution in [0.25, 0.3) is 0 Å². The molecule has 17 heavy (non-hydrogen) atoms. The Hall–Kier alpha value is -1.13. The minimum Gasteiger partial charge on any atom is -0.349 e. The Morgan fingerprint density at radius 2 is 2.00 bits per heavy atom. The maximum Gasteiger partial charge on any atom is 0.187 e. The van der Waals surface area contributed by atoms with Gasteiger partial charge < -0.3 is 4.90 Å². The third-order valence-corrected chi connectivity index (χ3v) is 3.96. The van der Waals surface area contributed by atoms with Crippen molar-refractivity contribution in [3.63, 3.8) is 0 Å². The molecule has 0 bridgehead atoms. The molecular formula is C12H12ClN3S. The molecule has 3 nitrogen and oxygen atoms in total. The minimum absolute atomic E-state index is 0.523. The van der Waals surface area contributed by atoms with Gasteiger partial charge in [0.05, 0.1) is 11.7 Å². The number of aryl methyl sites for hydroxylation is 1. The molecule has 2 heterocycles. The van der Waals surface area contributed by atoms with Crippen LogP contribution in [0, 0.1) is 0 Å². The second kappa shape index (κ2) is 4.63. The van der Waals surface area contributed by atoms with Crippen molar-refractivity contribution in [2.45, 2.75) is 19.4 Å². The van der Waals surface area contributed by atoms with Gasteiger partial charge in [-0.05, 0) is 24.0 Å². The molecule has 2 aromatic rings. The highest BCUT2D eigenvalue weighted by Gasteiger charge is 2.18. The quantitative estimate of drug-likeness (QED) is 0.793. The SMILES string of the molecule is Clc1nsnc1N1CCCc2ccccc2C1. The number of hydrogen-bond donors (Lipinski definition) is 0. The third kappa shape index (κ3) is 2.15. The summed E-state index contributed by atoms with van der Waals surface area (Å²) >= 11 is 7.22. The fourth-order valence-corrected chi connectivity index (χ4v) is 3.02. The first kappa shape index (κ1) is 11.0. The van der Waals surface area contributed by atoms with E-state index in [4.69, 9.17) is 11.6 Å². The van der Waals surface area contributed by atoms with E-state index in [0.717, 1.165) is 31.7 Å². The molecule has 1 aliphatic rings. The van der Waals surface area contributed by atoms with Gasteiger partial charge in [0.1, 0.15) is 0 Å². The van der Waals surface area contributed by atoms with Crippen LogP contribution >= 0.6 is 23.3 Å². The van der Waals surface area contributed by atoms with Crippen molar-refractivity contribution in [2.75, 3.05) is 11.4 Å². The summed E-state index contributed by atoms with van der Waals surface area (Å²) < 4.78 is 8.31. The highest BCUT2D eigenvalue weighted by atomic mass is 35.5. The number of rotatable bonds is 1. The highest BCUT2D eigenvalue weighted by Crippen LogP contribution is 2.27. The van der Waals surface area contributed by atoms with Crippen molar-refractivity contribution in [1.29, 1.82) is 0 Å². The molecule has 1 aromatic heterocycles. The summed E-state index contributed by atoms with van der Waals surface area (Å²) in [6.07, 6.45) is 2.26. The van der Waals surface area contributed by atoms with Crippen molar-refractivity contribution in [2.24, 2.45) is 0 Å². The first-order valence-electron chi connectivity index (χ1n) is 5.64. The second-order valence-electron chi connectivity index (χ2n) is 4.17. The van der Waals surface area contributed by atoms with Crippen molar-refractivity contribution < 1.29 is 0 Å². The Morgan fingerprint density at radius 1 is 1.18 bits per heavy atom.